The minimum Gasteiger partial charge on any atom is -0.495 e. The SMILES string of the molecule is COc1ccc(C)cc1S(=O)(=O)N1CCC(COc2ccc(C)nn2)CC1. The van der Waals surface area contributed by atoms with Gasteiger partial charge in [-0.05, 0) is 56.4 Å². The largest absolute Gasteiger partial charge is 0.495 e. The van der Waals surface area contributed by atoms with Crippen LogP contribution in [0.1, 0.15) is 24.1 Å². The Labute approximate surface area is 160 Å². The first-order valence-electron chi connectivity index (χ1n) is 8.98. The zero-order chi connectivity index (χ0) is 19.4. The second kappa shape index (κ2) is 8.22. The predicted octanol–water partition coefficient (Wildman–Crippen LogP) is 2.58. The number of aryl methyl sites for hydroxylation is 2. The molecule has 146 valence electrons. The molecule has 1 fully saturated rings. The molecule has 3 rings (SSSR count). The highest BCUT2D eigenvalue weighted by Gasteiger charge is 2.31. The normalized spacial score (nSPS) is 16.3. The van der Waals surface area contributed by atoms with Gasteiger partial charge < -0.3 is 9.47 Å². The van der Waals surface area contributed by atoms with E-state index in [1.807, 2.05) is 26.0 Å². The van der Waals surface area contributed by atoms with Crippen molar-refractivity contribution < 1.29 is 17.9 Å². The summed E-state index contributed by atoms with van der Waals surface area (Å²) in [6.45, 7) is 5.19. The van der Waals surface area contributed by atoms with Crippen molar-refractivity contribution in [1.29, 1.82) is 0 Å². The number of ether oxygens (including phenoxy) is 2. The second-order valence-corrected chi connectivity index (χ2v) is 8.73. The van der Waals surface area contributed by atoms with Crippen LogP contribution in [0.4, 0.5) is 0 Å². The van der Waals surface area contributed by atoms with Crippen LogP contribution in [0.3, 0.4) is 0 Å². The minimum atomic E-state index is -3.58. The van der Waals surface area contributed by atoms with Gasteiger partial charge in [-0.25, -0.2) is 8.42 Å². The molecule has 0 spiro atoms. The second-order valence-electron chi connectivity index (χ2n) is 6.83. The standard InChI is InChI=1S/C19H25N3O4S/c1-14-4-6-17(25-3)18(12-14)27(23,24)22-10-8-16(9-11-22)13-26-19-7-5-15(2)20-21-19/h4-7,12,16H,8-11,13H2,1-3H3. The van der Waals surface area contributed by atoms with Gasteiger partial charge in [-0.2, -0.15) is 9.40 Å². The number of hydrogen-bond acceptors (Lipinski definition) is 6. The van der Waals surface area contributed by atoms with Crippen LogP contribution in [-0.2, 0) is 10.0 Å². The van der Waals surface area contributed by atoms with Crippen molar-refractivity contribution in [1.82, 2.24) is 14.5 Å². The first kappa shape index (κ1) is 19.6. The molecule has 0 N–H and O–H groups in total. The number of methoxy groups -OCH3 is 1. The third kappa shape index (κ3) is 4.56. The Bertz CT molecular complexity index is 876. The van der Waals surface area contributed by atoms with Crippen LogP contribution in [0, 0.1) is 19.8 Å². The van der Waals surface area contributed by atoms with E-state index in [4.69, 9.17) is 9.47 Å². The number of rotatable bonds is 6. The van der Waals surface area contributed by atoms with Gasteiger partial charge in [-0.15, -0.1) is 5.10 Å². The van der Waals surface area contributed by atoms with E-state index in [2.05, 4.69) is 10.2 Å². The molecule has 1 saturated heterocycles. The van der Waals surface area contributed by atoms with E-state index < -0.39 is 10.0 Å². The number of hydrogen-bond donors (Lipinski definition) is 0. The van der Waals surface area contributed by atoms with Gasteiger partial charge >= 0.3 is 0 Å². The Kier molecular flexibility index (Phi) is 5.96. The van der Waals surface area contributed by atoms with Gasteiger partial charge in [0, 0.05) is 19.2 Å². The van der Waals surface area contributed by atoms with Gasteiger partial charge in [0.05, 0.1) is 19.4 Å². The Hall–Kier alpha value is -2.19. The van der Waals surface area contributed by atoms with E-state index in [1.54, 1.807) is 18.2 Å². The molecule has 2 heterocycles. The highest BCUT2D eigenvalue weighted by molar-refractivity contribution is 7.89. The fourth-order valence-electron chi connectivity index (χ4n) is 3.11. The summed E-state index contributed by atoms with van der Waals surface area (Å²) < 4.78 is 38.6. The Balaban J connectivity index is 1.61. The van der Waals surface area contributed by atoms with E-state index in [0.717, 1.165) is 24.1 Å². The minimum absolute atomic E-state index is 0.231. The lowest BCUT2D eigenvalue weighted by Crippen LogP contribution is -2.39. The van der Waals surface area contributed by atoms with Gasteiger partial charge in [-0.1, -0.05) is 6.07 Å². The third-order valence-electron chi connectivity index (χ3n) is 4.75. The highest BCUT2D eigenvalue weighted by atomic mass is 32.2. The summed E-state index contributed by atoms with van der Waals surface area (Å²) in [4.78, 5) is 0.231. The number of nitrogens with zero attached hydrogens (tertiary/aromatic N) is 3. The Morgan fingerprint density at radius 2 is 1.85 bits per heavy atom. The first-order valence-corrected chi connectivity index (χ1v) is 10.4. The maximum atomic E-state index is 13.0. The van der Waals surface area contributed by atoms with Crippen molar-refractivity contribution >= 4 is 10.0 Å². The van der Waals surface area contributed by atoms with E-state index in [9.17, 15) is 8.42 Å². The summed E-state index contributed by atoms with van der Waals surface area (Å²) in [5.41, 5.74) is 1.73. The first-order chi connectivity index (χ1) is 12.9. The van der Waals surface area contributed by atoms with E-state index in [-0.39, 0.29) is 4.90 Å². The van der Waals surface area contributed by atoms with Gasteiger partial charge in [0.25, 0.3) is 0 Å². The van der Waals surface area contributed by atoms with Crippen molar-refractivity contribution in [2.24, 2.45) is 5.92 Å². The lowest BCUT2D eigenvalue weighted by molar-refractivity contribution is 0.179. The number of sulfonamides is 1. The van der Waals surface area contributed by atoms with E-state index in [0.29, 0.717) is 37.2 Å². The van der Waals surface area contributed by atoms with Crippen molar-refractivity contribution in [2.45, 2.75) is 31.6 Å². The molecule has 0 saturated carbocycles. The van der Waals surface area contributed by atoms with Crippen molar-refractivity contribution in [3.8, 4) is 11.6 Å². The lowest BCUT2D eigenvalue weighted by atomic mass is 9.99. The van der Waals surface area contributed by atoms with Crippen LogP contribution in [0.5, 0.6) is 11.6 Å². The summed E-state index contributed by atoms with van der Waals surface area (Å²) >= 11 is 0. The summed E-state index contributed by atoms with van der Waals surface area (Å²) in [5.74, 6) is 1.17. The van der Waals surface area contributed by atoms with Gasteiger partial charge in [0.15, 0.2) is 0 Å². The van der Waals surface area contributed by atoms with Crippen molar-refractivity contribution in [2.75, 3.05) is 26.8 Å². The van der Waals surface area contributed by atoms with Crippen LogP contribution < -0.4 is 9.47 Å². The molecular weight excluding hydrogens is 366 g/mol. The monoisotopic (exact) mass is 391 g/mol. The summed E-state index contributed by atoms with van der Waals surface area (Å²) in [5, 5.41) is 7.96. The fraction of sp³-hybridized carbons (Fsp3) is 0.474. The molecule has 1 aliphatic rings. The van der Waals surface area contributed by atoms with Crippen LogP contribution in [0.15, 0.2) is 35.2 Å². The summed E-state index contributed by atoms with van der Waals surface area (Å²) in [6.07, 6.45) is 1.49. The highest BCUT2D eigenvalue weighted by Crippen LogP contribution is 2.30. The average molecular weight is 391 g/mol. The van der Waals surface area contributed by atoms with Crippen molar-refractivity contribution in [3.05, 3.63) is 41.6 Å². The molecule has 0 radical (unpaired) electrons. The molecule has 0 unspecified atom stereocenters. The summed E-state index contributed by atoms with van der Waals surface area (Å²) in [6, 6.07) is 8.86. The molecule has 1 aromatic heterocycles. The molecule has 1 aromatic carbocycles. The van der Waals surface area contributed by atoms with Gasteiger partial charge in [0.1, 0.15) is 10.6 Å². The predicted molar refractivity (Wildman–Crippen MR) is 101 cm³/mol. The molecule has 8 heteroatoms. The number of benzene rings is 1. The zero-order valence-electron chi connectivity index (χ0n) is 15.9. The quantitative estimate of drug-likeness (QED) is 0.753. The number of piperidine rings is 1. The fourth-order valence-corrected chi connectivity index (χ4v) is 4.82. The zero-order valence-corrected chi connectivity index (χ0v) is 16.7. The van der Waals surface area contributed by atoms with Crippen LogP contribution >= 0.6 is 0 Å². The maximum absolute atomic E-state index is 13.0. The lowest BCUT2D eigenvalue weighted by Gasteiger charge is -2.31. The molecule has 2 aromatic rings. The Morgan fingerprint density at radius 3 is 2.48 bits per heavy atom. The van der Waals surface area contributed by atoms with Crippen LogP contribution in [-0.4, -0.2) is 49.7 Å². The summed E-state index contributed by atoms with van der Waals surface area (Å²) in [7, 11) is -2.09. The molecule has 0 amide bonds. The molecule has 0 bridgehead atoms. The van der Waals surface area contributed by atoms with Crippen molar-refractivity contribution in [3.63, 3.8) is 0 Å². The molecule has 7 nitrogen and oxygen atoms in total. The molecular formula is C19H25N3O4S. The van der Waals surface area contributed by atoms with Gasteiger partial charge in [0.2, 0.25) is 15.9 Å². The van der Waals surface area contributed by atoms with Crippen LogP contribution in [0.25, 0.3) is 0 Å². The average Bonchev–Trinajstić information content (AvgIpc) is 2.68. The maximum Gasteiger partial charge on any atom is 0.246 e. The van der Waals surface area contributed by atoms with E-state index in [1.165, 1.54) is 11.4 Å². The van der Waals surface area contributed by atoms with E-state index >= 15 is 0 Å². The molecule has 1 aliphatic heterocycles. The third-order valence-corrected chi connectivity index (χ3v) is 6.67. The molecule has 27 heavy (non-hydrogen) atoms. The molecule has 0 atom stereocenters. The Morgan fingerprint density at radius 1 is 1.11 bits per heavy atom. The molecule has 0 aliphatic carbocycles. The number of aromatic nitrogens is 2. The van der Waals surface area contributed by atoms with Gasteiger partial charge in [-0.3, -0.25) is 0 Å². The van der Waals surface area contributed by atoms with Crippen LogP contribution in [0.2, 0.25) is 0 Å². The smallest absolute Gasteiger partial charge is 0.246 e. The topological polar surface area (TPSA) is 81.6 Å².